The zero-order valence-electron chi connectivity index (χ0n) is 18.6. The minimum Gasteiger partial charge on any atom is -0.493 e. The minimum atomic E-state index is -0.163. The summed E-state index contributed by atoms with van der Waals surface area (Å²) in [7, 11) is 3.23. The summed E-state index contributed by atoms with van der Waals surface area (Å²) in [5, 5.41) is 22.4. The number of hydrogen-bond donors (Lipinski definition) is 3. The number of ether oxygens (including phenoxy) is 3. The van der Waals surface area contributed by atoms with E-state index in [-0.39, 0.29) is 19.2 Å². The van der Waals surface area contributed by atoms with Crippen LogP contribution in [0.4, 0.5) is 5.82 Å². The lowest BCUT2D eigenvalue weighted by molar-refractivity contribution is 0.260. The summed E-state index contributed by atoms with van der Waals surface area (Å²) >= 11 is 0. The van der Waals surface area contributed by atoms with Gasteiger partial charge in [-0.3, -0.25) is 0 Å². The second-order valence-corrected chi connectivity index (χ2v) is 7.02. The van der Waals surface area contributed by atoms with Gasteiger partial charge in [0.15, 0.2) is 11.5 Å². The first-order chi connectivity index (χ1) is 15.6. The van der Waals surface area contributed by atoms with Crippen molar-refractivity contribution < 1.29 is 24.4 Å². The fourth-order valence-corrected chi connectivity index (χ4v) is 3.31. The van der Waals surface area contributed by atoms with Crippen molar-refractivity contribution >= 4 is 5.82 Å². The third kappa shape index (κ3) is 5.66. The molecule has 0 atom stereocenters. The molecule has 3 rings (SSSR count). The van der Waals surface area contributed by atoms with Crippen LogP contribution < -0.4 is 19.5 Å². The number of anilines is 1. The predicted octanol–water partition coefficient (Wildman–Crippen LogP) is 3.20. The number of aromatic nitrogens is 2. The molecule has 0 aliphatic rings. The van der Waals surface area contributed by atoms with Gasteiger partial charge < -0.3 is 29.7 Å². The molecule has 3 aromatic rings. The Morgan fingerprint density at radius 3 is 2.34 bits per heavy atom. The zero-order valence-corrected chi connectivity index (χ0v) is 18.6. The summed E-state index contributed by atoms with van der Waals surface area (Å²) in [6.07, 6.45) is 0.753. The van der Waals surface area contributed by atoms with Crippen molar-refractivity contribution in [2.75, 3.05) is 32.7 Å². The van der Waals surface area contributed by atoms with Crippen LogP contribution in [0.5, 0.6) is 17.5 Å². The smallest absolute Gasteiger partial charge is 0.318 e. The van der Waals surface area contributed by atoms with Crippen molar-refractivity contribution in [1.82, 2.24) is 9.97 Å². The second kappa shape index (κ2) is 11.3. The van der Waals surface area contributed by atoms with Gasteiger partial charge in [-0.05, 0) is 48.2 Å². The predicted molar refractivity (Wildman–Crippen MR) is 122 cm³/mol. The van der Waals surface area contributed by atoms with Crippen LogP contribution in [0.15, 0.2) is 42.5 Å². The van der Waals surface area contributed by atoms with E-state index in [0.29, 0.717) is 47.3 Å². The number of rotatable bonds is 11. The monoisotopic (exact) mass is 439 g/mol. The zero-order chi connectivity index (χ0) is 22.9. The number of hydrogen-bond acceptors (Lipinski definition) is 8. The third-order valence-corrected chi connectivity index (χ3v) is 4.99. The van der Waals surface area contributed by atoms with Gasteiger partial charge in [0.1, 0.15) is 5.82 Å². The molecule has 8 nitrogen and oxygen atoms in total. The lowest BCUT2D eigenvalue weighted by Crippen LogP contribution is -2.09. The maximum atomic E-state index is 9.61. The summed E-state index contributed by atoms with van der Waals surface area (Å²) < 4.78 is 16.2. The van der Waals surface area contributed by atoms with E-state index < -0.39 is 0 Å². The van der Waals surface area contributed by atoms with Gasteiger partial charge in [-0.2, -0.15) is 9.97 Å². The highest BCUT2D eigenvalue weighted by Gasteiger charge is 2.11. The van der Waals surface area contributed by atoms with Gasteiger partial charge >= 0.3 is 6.01 Å². The average molecular weight is 440 g/mol. The van der Waals surface area contributed by atoms with E-state index in [4.69, 9.17) is 14.2 Å². The molecule has 0 amide bonds. The van der Waals surface area contributed by atoms with Crippen LogP contribution in [0.1, 0.15) is 23.6 Å². The lowest BCUT2D eigenvalue weighted by Gasteiger charge is -2.13. The van der Waals surface area contributed by atoms with E-state index in [1.165, 1.54) is 0 Å². The molecule has 3 N–H and O–H groups in total. The van der Waals surface area contributed by atoms with Gasteiger partial charge in [0, 0.05) is 18.2 Å². The van der Waals surface area contributed by atoms with Crippen molar-refractivity contribution in [3.05, 3.63) is 59.2 Å². The summed E-state index contributed by atoms with van der Waals surface area (Å²) in [5.74, 6) is 2.02. The molecule has 0 saturated heterocycles. The van der Waals surface area contributed by atoms with Crippen LogP contribution in [0.25, 0.3) is 11.3 Å². The third-order valence-electron chi connectivity index (χ3n) is 4.99. The molecule has 1 aromatic heterocycles. The summed E-state index contributed by atoms with van der Waals surface area (Å²) in [5.41, 5.74) is 3.91. The number of benzene rings is 2. The van der Waals surface area contributed by atoms with Gasteiger partial charge in [-0.25, -0.2) is 0 Å². The Morgan fingerprint density at radius 2 is 1.66 bits per heavy atom. The summed E-state index contributed by atoms with van der Waals surface area (Å²) in [4.78, 5) is 8.92. The van der Waals surface area contributed by atoms with E-state index in [1.54, 1.807) is 20.3 Å². The fourth-order valence-electron chi connectivity index (χ4n) is 3.31. The quantitative estimate of drug-likeness (QED) is 0.418. The molecule has 0 saturated carbocycles. The Balaban J connectivity index is 1.79. The highest BCUT2D eigenvalue weighted by atomic mass is 16.5. The summed E-state index contributed by atoms with van der Waals surface area (Å²) in [6.45, 7) is 2.67. The Labute approximate surface area is 187 Å². The van der Waals surface area contributed by atoms with Gasteiger partial charge in [0.25, 0.3) is 0 Å². The minimum absolute atomic E-state index is 0.132. The van der Waals surface area contributed by atoms with Gasteiger partial charge in [-0.1, -0.05) is 18.2 Å². The van der Waals surface area contributed by atoms with Crippen molar-refractivity contribution in [2.24, 2.45) is 0 Å². The van der Waals surface area contributed by atoms with Crippen LogP contribution in [-0.2, 0) is 19.6 Å². The Morgan fingerprint density at radius 1 is 0.875 bits per heavy atom. The van der Waals surface area contributed by atoms with Crippen LogP contribution in [0.3, 0.4) is 0 Å². The van der Waals surface area contributed by atoms with Gasteiger partial charge in [0.2, 0.25) is 0 Å². The molecule has 0 radical (unpaired) electrons. The highest BCUT2D eigenvalue weighted by Crippen LogP contribution is 2.28. The van der Waals surface area contributed by atoms with Crippen molar-refractivity contribution in [3.8, 4) is 28.8 Å². The Kier molecular flexibility index (Phi) is 8.24. The van der Waals surface area contributed by atoms with E-state index in [2.05, 4.69) is 15.3 Å². The Bertz CT molecular complexity index is 1040. The second-order valence-electron chi connectivity index (χ2n) is 7.02. The van der Waals surface area contributed by atoms with Crippen LogP contribution in [0.2, 0.25) is 0 Å². The standard InChI is InChI=1S/C24H29N3O5/c1-4-32-24-26-20(17-6-7-18(14-28)19(12-17)15-29)13-23(27-24)25-10-9-16-5-8-21(30-2)22(11-16)31-3/h5-8,11-13,28-29H,4,9-10,14-15H2,1-3H3,(H,25,26,27). The Hall–Kier alpha value is -3.36. The molecule has 0 fully saturated rings. The molecule has 170 valence electrons. The van der Waals surface area contributed by atoms with Gasteiger partial charge in [0.05, 0.1) is 39.7 Å². The fraction of sp³-hybridized carbons (Fsp3) is 0.333. The normalized spacial score (nSPS) is 10.7. The van der Waals surface area contributed by atoms with Gasteiger partial charge in [-0.15, -0.1) is 0 Å². The average Bonchev–Trinajstić information content (AvgIpc) is 2.83. The summed E-state index contributed by atoms with van der Waals surface area (Å²) in [6, 6.07) is 13.4. The van der Waals surface area contributed by atoms with E-state index >= 15 is 0 Å². The number of aliphatic hydroxyl groups is 2. The maximum Gasteiger partial charge on any atom is 0.318 e. The molecule has 32 heavy (non-hydrogen) atoms. The van der Waals surface area contributed by atoms with Crippen molar-refractivity contribution in [3.63, 3.8) is 0 Å². The number of nitrogens with zero attached hydrogens (tertiary/aromatic N) is 2. The molecule has 0 aliphatic heterocycles. The first-order valence-corrected chi connectivity index (χ1v) is 10.4. The largest absolute Gasteiger partial charge is 0.493 e. The molecule has 0 bridgehead atoms. The molecular weight excluding hydrogens is 410 g/mol. The van der Waals surface area contributed by atoms with Crippen molar-refractivity contribution in [2.45, 2.75) is 26.6 Å². The van der Waals surface area contributed by atoms with E-state index in [1.807, 2.05) is 43.3 Å². The van der Waals surface area contributed by atoms with Crippen LogP contribution in [-0.4, -0.2) is 47.6 Å². The molecule has 1 heterocycles. The highest BCUT2D eigenvalue weighted by molar-refractivity contribution is 5.64. The first-order valence-electron chi connectivity index (χ1n) is 10.4. The lowest BCUT2D eigenvalue weighted by atomic mass is 10.0. The number of methoxy groups -OCH3 is 2. The number of nitrogens with one attached hydrogen (secondary N) is 1. The number of aliphatic hydroxyl groups excluding tert-OH is 2. The first kappa shape index (κ1) is 23.3. The van der Waals surface area contributed by atoms with Crippen molar-refractivity contribution in [1.29, 1.82) is 0 Å². The molecular formula is C24H29N3O5. The molecule has 0 unspecified atom stereocenters. The molecule has 2 aromatic carbocycles. The SMILES string of the molecule is CCOc1nc(NCCc2ccc(OC)c(OC)c2)cc(-c2ccc(CO)c(CO)c2)n1. The van der Waals surface area contributed by atoms with E-state index in [9.17, 15) is 10.2 Å². The van der Waals surface area contributed by atoms with E-state index in [0.717, 1.165) is 17.5 Å². The molecule has 0 spiro atoms. The maximum absolute atomic E-state index is 9.61. The molecule has 0 aliphatic carbocycles. The van der Waals surface area contributed by atoms with Crippen LogP contribution >= 0.6 is 0 Å². The van der Waals surface area contributed by atoms with Crippen LogP contribution in [0, 0.1) is 0 Å². The molecule has 8 heteroatoms. The topological polar surface area (TPSA) is 106 Å².